The van der Waals surface area contributed by atoms with E-state index >= 15 is 0 Å². The van der Waals surface area contributed by atoms with Gasteiger partial charge in [0.15, 0.2) is 5.76 Å². The average Bonchev–Trinajstić information content (AvgIpc) is 2.95. The molecular formula is C20H23NO3. The Hall–Kier alpha value is -2.33. The number of hydrogen-bond acceptors (Lipinski definition) is 3. The fraction of sp³-hybridized carbons (Fsp3) is 0.350. The van der Waals surface area contributed by atoms with Crippen molar-refractivity contribution in [2.75, 3.05) is 19.7 Å². The highest BCUT2D eigenvalue weighted by Gasteiger charge is 2.23. The number of benzene rings is 2. The Morgan fingerprint density at radius 2 is 1.92 bits per heavy atom. The highest BCUT2D eigenvalue weighted by Crippen LogP contribution is 2.32. The van der Waals surface area contributed by atoms with E-state index in [1.54, 1.807) is 4.90 Å². The number of nitrogens with zero attached hydrogens (tertiary/aromatic N) is 1. The smallest absolute Gasteiger partial charge is 0.289 e. The number of carbonyl (C=O) groups is 1. The Morgan fingerprint density at radius 3 is 2.67 bits per heavy atom. The van der Waals surface area contributed by atoms with E-state index in [0.29, 0.717) is 18.8 Å². The second-order valence-corrected chi connectivity index (χ2v) is 6.09. The SMILES string of the molecule is CCCCN(CCO)C(=O)c1oc2c(ccc3ccccc32)c1C. The lowest BCUT2D eigenvalue weighted by molar-refractivity contribution is 0.0689. The van der Waals surface area contributed by atoms with Crippen molar-refractivity contribution >= 4 is 27.6 Å². The van der Waals surface area contributed by atoms with Gasteiger partial charge in [-0.1, -0.05) is 49.7 Å². The van der Waals surface area contributed by atoms with Crippen LogP contribution < -0.4 is 0 Å². The molecule has 1 heterocycles. The van der Waals surface area contributed by atoms with E-state index < -0.39 is 0 Å². The Labute approximate surface area is 141 Å². The van der Waals surface area contributed by atoms with Crippen LogP contribution in [-0.2, 0) is 0 Å². The summed E-state index contributed by atoms with van der Waals surface area (Å²) >= 11 is 0. The van der Waals surface area contributed by atoms with Gasteiger partial charge < -0.3 is 14.4 Å². The maximum Gasteiger partial charge on any atom is 0.289 e. The van der Waals surface area contributed by atoms with Gasteiger partial charge in [0.2, 0.25) is 0 Å². The first-order valence-corrected chi connectivity index (χ1v) is 8.48. The minimum Gasteiger partial charge on any atom is -0.450 e. The molecule has 0 saturated carbocycles. The molecule has 1 amide bonds. The zero-order valence-corrected chi connectivity index (χ0v) is 14.2. The summed E-state index contributed by atoms with van der Waals surface area (Å²) in [5.74, 6) is 0.237. The highest BCUT2D eigenvalue weighted by molar-refractivity contribution is 6.08. The van der Waals surface area contributed by atoms with Gasteiger partial charge in [0.1, 0.15) is 5.58 Å². The predicted octanol–water partition coefficient (Wildman–Crippen LogP) is 4.13. The zero-order chi connectivity index (χ0) is 17.1. The van der Waals surface area contributed by atoms with Crippen molar-refractivity contribution in [2.45, 2.75) is 26.7 Å². The van der Waals surface area contributed by atoms with E-state index in [2.05, 4.69) is 13.0 Å². The zero-order valence-electron chi connectivity index (χ0n) is 14.2. The van der Waals surface area contributed by atoms with Gasteiger partial charge in [0, 0.05) is 29.4 Å². The summed E-state index contributed by atoms with van der Waals surface area (Å²) in [6, 6.07) is 12.1. The monoisotopic (exact) mass is 325 g/mol. The molecule has 3 aromatic rings. The number of aliphatic hydroxyl groups excluding tert-OH is 1. The molecule has 4 heteroatoms. The van der Waals surface area contributed by atoms with Crippen molar-refractivity contribution in [2.24, 2.45) is 0 Å². The quantitative estimate of drug-likeness (QED) is 0.741. The minimum absolute atomic E-state index is 0.0440. The molecule has 0 aliphatic rings. The van der Waals surface area contributed by atoms with Crippen LogP contribution in [-0.4, -0.2) is 35.6 Å². The van der Waals surface area contributed by atoms with Crippen LogP contribution in [0.4, 0.5) is 0 Å². The fourth-order valence-electron chi connectivity index (χ4n) is 3.08. The topological polar surface area (TPSA) is 53.7 Å². The number of aryl methyl sites for hydroxylation is 1. The number of amides is 1. The van der Waals surface area contributed by atoms with E-state index in [0.717, 1.165) is 40.1 Å². The van der Waals surface area contributed by atoms with Gasteiger partial charge in [-0.15, -0.1) is 0 Å². The predicted molar refractivity (Wildman–Crippen MR) is 96.4 cm³/mol. The molecule has 0 bridgehead atoms. The van der Waals surface area contributed by atoms with Gasteiger partial charge in [0.25, 0.3) is 5.91 Å². The molecule has 24 heavy (non-hydrogen) atoms. The van der Waals surface area contributed by atoms with Crippen molar-refractivity contribution in [3.8, 4) is 0 Å². The summed E-state index contributed by atoms with van der Waals surface area (Å²) in [7, 11) is 0. The van der Waals surface area contributed by atoms with E-state index in [1.165, 1.54) is 0 Å². The molecule has 0 aliphatic heterocycles. The van der Waals surface area contributed by atoms with E-state index in [4.69, 9.17) is 4.42 Å². The maximum absolute atomic E-state index is 12.9. The number of carbonyl (C=O) groups excluding carboxylic acids is 1. The average molecular weight is 325 g/mol. The fourth-order valence-corrected chi connectivity index (χ4v) is 3.08. The number of rotatable bonds is 6. The third-order valence-corrected chi connectivity index (χ3v) is 4.46. The number of fused-ring (bicyclic) bond motifs is 3. The van der Waals surface area contributed by atoms with Gasteiger partial charge in [0.05, 0.1) is 6.61 Å². The van der Waals surface area contributed by atoms with Crippen LogP contribution in [0, 0.1) is 6.92 Å². The summed E-state index contributed by atoms with van der Waals surface area (Å²) in [5, 5.41) is 12.3. The van der Waals surface area contributed by atoms with E-state index in [-0.39, 0.29) is 12.5 Å². The summed E-state index contributed by atoms with van der Waals surface area (Å²) in [6.45, 7) is 4.92. The Kier molecular flexibility index (Phi) is 4.86. The summed E-state index contributed by atoms with van der Waals surface area (Å²) in [4.78, 5) is 14.6. The van der Waals surface area contributed by atoms with Gasteiger partial charge >= 0.3 is 0 Å². The second-order valence-electron chi connectivity index (χ2n) is 6.09. The summed E-state index contributed by atoms with van der Waals surface area (Å²) in [5.41, 5.74) is 1.62. The lowest BCUT2D eigenvalue weighted by Gasteiger charge is -2.20. The lowest BCUT2D eigenvalue weighted by atomic mass is 10.1. The van der Waals surface area contributed by atoms with Crippen molar-refractivity contribution in [3.63, 3.8) is 0 Å². The summed E-state index contributed by atoms with van der Waals surface area (Å²) < 4.78 is 6.01. The number of furan rings is 1. The molecule has 1 aromatic heterocycles. The molecule has 0 spiro atoms. The molecule has 0 saturated heterocycles. The molecule has 0 atom stereocenters. The molecule has 2 aromatic carbocycles. The maximum atomic E-state index is 12.9. The number of aliphatic hydroxyl groups is 1. The molecule has 0 unspecified atom stereocenters. The number of unbranched alkanes of at least 4 members (excludes halogenated alkanes) is 1. The van der Waals surface area contributed by atoms with Crippen molar-refractivity contribution in [1.29, 1.82) is 0 Å². The van der Waals surface area contributed by atoms with Crippen LogP contribution >= 0.6 is 0 Å². The Morgan fingerprint density at radius 1 is 1.12 bits per heavy atom. The van der Waals surface area contributed by atoms with Gasteiger partial charge in [-0.3, -0.25) is 4.79 Å². The molecule has 126 valence electrons. The molecule has 1 N–H and O–H groups in total. The first-order valence-electron chi connectivity index (χ1n) is 8.48. The van der Waals surface area contributed by atoms with Gasteiger partial charge in [-0.2, -0.15) is 0 Å². The Balaban J connectivity index is 2.06. The van der Waals surface area contributed by atoms with Crippen molar-refractivity contribution in [3.05, 3.63) is 47.7 Å². The van der Waals surface area contributed by atoms with Gasteiger partial charge in [-0.05, 0) is 18.7 Å². The second kappa shape index (κ2) is 7.05. The van der Waals surface area contributed by atoms with Crippen LogP contribution in [0.1, 0.15) is 35.9 Å². The lowest BCUT2D eigenvalue weighted by Crippen LogP contribution is -2.34. The molecule has 0 radical (unpaired) electrons. The minimum atomic E-state index is -0.143. The normalized spacial score (nSPS) is 11.3. The van der Waals surface area contributed by atoms with Crippen LogP contribution in [0.5, 0.6) is 0 Å². The van der Waals surface area contributed by atoms with Crippen LogP contribution in [0.15, 0.2) is 40.8 Å². The van der Waals surface area contributed by atoms with E-state index in [9.17, 15) is 9.90 Å². The van der Waals surface area contributed by atoms with Crippen LogP contribution in [0.2, 0.25) is 0 Å². The first kappa shape index (κ1) is 16.5. The molecular weight excluding hydrogens is 302 g/mol. The molecule has 3 rings (SSSR count). The van der Waals surface area contributed by atoms with Crippen LogP contribution in [0.25, 0.3) is 21.7 Å². The number of hydrogen-bond donors (Lipinski definition) is 1. The third-order valence-electron chi connectivity index (χ3n) is 4.46. The van der Waals surface area contributed by atoms with E-state index in [1.807, 2.05) is 37.3 Å². The molecule has 0 fully saturated rings. The first-order chi connectivity index (χ1) is 11.7. The standard InChI is InChI=1S/C20H23NO3/c1-3-4-11-21(12-13-22)20(23)18-14(2)16-10-9-15-7-5-6-8-17(15)19(16)24-18/h5-10,22H,3-4,11-13H2,1-2H3. The highest BCUT2D eigenvalue weighted by atomic mass is 16.3. The van der Waals surface area contributed by atoms with Gasteiger partial charge in [-0.25, -0.2) is 0 Å². The molecule has 4 nitrogen and oxygen atoms in total. The largest absolute Gasteiger partial charge is 0.450 e. The third kappa shape index (κ3) is 2.89. The summed E-state index contributed by atoms with van der Waals surface area (Å²) in [6.07, 6.45) is 1.91. The van der Waals surface area contributed by atoms with Crippen molar-refractivity contribution in [1.82, 2.24) is 4.90 Å². The van der Waals surface area contributed by atoms with Crippen LogP contribution in [0.3, 0.4) is 0 Å². The van der Waals surface area contributed by atoms with Crippen molar-refractivity contribution < 1.29 is 14.3 Å². The molecule has 0 aliphatic carbocycles. The Bertz CT molecular complexity index is 866.